The van der Waals surface area contributed by atoms with Crippen molar-refractivity contribution in [1.29, 1.82) is 0 Å². The molecule has 3 aromatic rings. The minimum atomic E-state index is -0.0728. The fraction of sp³-hybridized carbons (Fsp3) is 0.211. The Morgan fingerprint density at radius 2 is 2.12 bits per heavy atom. The van der Waals surface area contributed by atoms with Gasteiger partial charge in [-0.15, -0.1) is 11.3 Å². The van der Waals surface area contributed by atoms with E-state index in [1.54, 1.807) is 30.8 Å². The molecule has 0 bridgehead atoms. The fourth-order valence-electron chi connectivity index (χ4n) is 2.52. The zero-order chi connectivity index (χ0) is 17.5. The number of thiophene rings is 1. The SMILES string of the molecule is COc1cccc(NC(=O)CN(Cc2ccco2)Cc2cccs2)c1. The molecule has 0 unspecified atom stereocenters. The predicted molar refractivity (Wildman–Crippen MR) is 98.8 cm³/mol. The van der Waals surface area contributed by atoms with Gasteiger partial charge in [0.15, 0.2) is 0 Å². The van der Waals surface area contributed by atoms with E-state index < -0.39 is 0 Å². The van der Waals surface area contributed by atoms with E-state index >= 15 is 0 Å². The summed E-state index contributed by atoms with van der Waals surface area (Å²) < 4.78 is 10.6. The van der Waals surface area contributed by atoms with Gasteiger partial charge in [-0.3, -0.25) is 9.69 Å². The Labute approximate surface area is 150 Å². The molecular formula is C19H20N2O3S. The molecule has 1 aromatic carbocycles. The van der Waals surface area contributed by atoms with Crippen molar-refractivity contribution in [3.63, 3.8) is 0 Å². The van der Waals surface area contributed by atoms with E-state index in [0.29, 0.717) is 18.8 Å². The Bertz CT molecular complexity index is 749. The maximum Gasteiger partial charge on any atom is 0.238 e. The number of benzene rings is 1. The van der Waals surface area contributed by atoms with Crippen LogP contribution in [0.25, 0.3) is 0 Å². The minimum Gasteiger partial charge on any atom is -0.497 e. The van der Waals surface area contributed by atoms with Crippen molar-refractivity contribution < 1.29 is 13.9 Å². The summed E-state index contributed by atoms with van der Waals surface area (Å²) in [6.07, 6.45) is 1.65. The van der Waals surface area contributed by atoms with Gasteiger partial charge < -0.3 is 14.5 Å². The van der Waals surface area contributed by atoms with Crippen molar-refractivity contribution in [3.05, 3.63) is 70.8 Å². The lowest BCUT2D eigenvalue weighted by molar-refractivity contribution is -0.117. The number of ether oxygens (including phenoxy) is 1. The first-order valence-electron chi connectivity index (χ1n) is 7.94. The summed E-state index contributed by atoms with van der Waals surface area (Å²) in [6, 6.07) is 15.2. The third-order valence-electron chi connectivity index (χ3n) is 3.64. The predicted octanol–water partition coefficient (Wildman–Crippen LogP) is 3.99. The highest BCUT2D eigenvalue weighted by Crippen LogP contribution is 2.18. The van der Waals surface area contributed by atoms with Gasteiger partial charge in [-0.05, 0) is 35.7 Å². The molecule has 0 fully saturated rings. The first-order valence-corrected chi connectivity index (χ1v) is 8.82. The Balaban J connectivity index is 1.64. The van der Waals surface area contributed by atoms with Crippen LogP contribution in [0, 0.1) is 0 Å². The third kappa shape index (κ3) is 5.20. The normalized spacial score (nSPS) is 10.8. The van der Waals surface area contributed by atoms with Gasteiger partial charge >= 0.3 is 0 Å². The summed E-state index contributed by atoms with van der Waals surface area (Å²) in [7, 11) is 1.60. The average molecular weight is 356 g/mol. The number of carbonyl (C=O) groups is 1. The van der Waals surface area contributed by atoms with E-state index in [-0.39, 0.29) is 12.5 Å². The number of hydrogen-bond acceptors (Lipinski definition) is 5. The molecule has 0 radical (unpaired) electrons. The number of furan rings is 1. The number of hydrogen-bond donors (Lipinski definition) is 1. The number of rotatable bonds is 8. The van der Waals surface area contributed by atoms with Gasteiger partial charge in [0.25, 0.3) is 0 Å². The van der Waals surface area contributed by atoms with Crippen molar-refractivity contribution in [3.8, 4) is 5.75 Å². The number of nitrogens with zero attached hydrogens (tertiary/aromatic N) is 1. The minimum absolute atomic E-state index is 0.0728. The van der Waals surface area contributed by atoms with E-state index in [9.17, 15) is 4.79 Å². The zero-order valence-corrected chi connectivity index (χ0v) is 14.8. The van der Waals surface area contributed by atoms with Gasteiger partial charge in [0.1, 0.15) is 11.5 Å². The molecule has 1 N–H and O–H groups in total. The molecular weight excluding hydrogens is 336 g/mol. The molecule has 6 heteroatoms. The molecule has 130 valence electrons. The number of amides is 1. The molecule has 0 atom stereocenters. The maximum atomic E-state index is 12.5. The maximum absolute atomic E-state index is 12.5. The summed E-state index contributed by atoms with van der Waals surface area (Å²) >= 11 is 1.68. The summed E-state index contributed by atoms with van der Waals surface area (Å²) in [4.78, 5) is 15.7. The quantitative estimate of drug-likeness (QED) is 0.663. The molecule has 0 aliphatic heterocycles. The lowest BCUT2D eigenvalue weighted by Gasteiger charge is -2.20. The van der Waals surface area contributed by atoms with Gasteiger partial charge in [-0.1, -0.05) is 12.1 Å². The molecule has 0 aliphatic rings. The molecule has 5 nitrogen and oxygen atoms in total. The van der Waals surface area contributed by atoms with E-state index in [2.05, 4.69) is 16.3 Å². The van der Waals surface area contributed by atoms with Crippen LogP contribution in [-0.2, 0) is 17.9 Å². The van der Waals surface area contributed by atoms with Crippen LogP contribution in [0.2, 0.25) is 0 Å². The number of anilines is 1. The molecule has 2 aromatic heterocycles. The lowest BCUT2D eigenvalue weighted by Crippen LogP contribution is -2.32. The first kappa shape index (κ1) is 17.3. The Morgan fingerprint density at radius 3 is 2.84 bits per heavy atom. The Kier molecular flexibility index (Phi) is 5.87. The molecule has 2 heterocycles. The molecule has 0 saturated heterocycles. The second-order valence-corrected chi connectivity index (χ2v) is 6.62. The van der Waals surface area contributed by atoms with Crippen molar-refractivity contribution in [1.82, 2.24) is 4.90 Å². The number of nitrogens with one attached hydrogen (secondary N) is 1. The summed E-state index contributed by atoms with van der Waals surface area (Å²) in [6.45, 7) is 1.55. The van der Waals surface area contributed by atoms with E-state index in [1.165, 1.54) is 4.88 Å². The highest BCUT2D eigenvalue weighted by Gasteiger charge is 2.14. The van der Waals surface area contributed by atoms with Crippen molar-refractivity contribution in [2.75, 3.05) is 19.0 Å². The first-order chi connectivity index (χ1) is 12.2. The summed E-state index contributed by atoms with van der Waals surface area (Å²) in [5, 5.41) is 4.96. The van der Waals surface area contributed by atoms with Crippen LogP contribution in [0.1, 0.15) is 10.6 Å². The van der Waals surface area contributed by atoms with Gasteiger partial charge in [0.2, 0.25) is 5.91 Å². The zero-order valence-electron chi connectivity index (χ0n) is 14.0. The van der Waals surface area contributed by atoms with Crippen LogP contribution in [0.5, 0.6) is 5.75 Å². The van der Waals surface area contributed by atoms with Gasteiger partial charge in [-0.2, -0.15) is 0 Å². The highest BCUT2D eigenvalue weighted by atomic mass is 32.1. The molecule has 1 amide bonds. The average Bonchev–Trinajstić information content (AvgIpc) is 3.29. The number of methoxy groups -OCH3 is 1. The Hall–Kier alpha value is -2.57. The third-order valence-corrected chi connectivity index (χ3v) is 4.50. The largest absolute Gasteiger partial charge is 0.497 e. The topological polar surface area (TPSA) is 54.7 Å². The molecule has 3 rings (SSSR count). The second-order valence-electron chi connectivity index (χ2n) is 5.58. The summed E-state index contributed by atoms with van der Waals surface area (Å²) in [5.41, 5.74) is 0.721. The van der Waals surface area contributed by atoms with Crippen LogP contribution < -0.4 is 10.1 Å². The van der Waals surface area contributed by atoms with Crippen LogP contribution in [-0.4, -0.2) is 24.5 Å². The van der Waals surface area contributed by atoms with Gasteiger partial charge in [0.05, 0.1) is 26.5 Å². The smallest absolute Gasteiger partial charge is 0.238 e. The van der Waals surface area contributed by atoms with E-state index in [1.807, 2.05) is 41.8 Å². The van der Waals surface area contributed by atoms with Crippen LogP contribution >= 0.6 is 11.3 Å². The van der Waals surface area contributed by atoms with Gasteiger partial charge in [0, 0.05) is 23.2 Å². The van der Waals surface area contributed by atoms with Crippen molar-refractivity contribution in [2.24, 2.45) is 0 Å². The van der Waals surface area contributed by atoms with E-state index in [4.69, 9.17) is 9.15 Å². The standard InChI is InChI=1S/C19H20N2O3S/c1-23-16-6-2-5-15(11-16)20-19(22)14-21(12-17-7-3-9-24-17)13-18-8-4-10-25-18/h2-11H,12-14H2,1H3,(H,20,22). The molecule has 0 aliphatic carbocycles. The fourth-order valence-corrected chi connectivity index (χ4v) is 3.26. The van der Waals surface area contributed by atoms with E-state index in [0.717, 1.165) is 11.4 Å². The second kappa shape index (κ2) is 8.50. The van der Waals surface area contributed by atoms with Crippen molar-refractivity contribution in [2.45, 2.75) is 13.1 Å². The lowest BCUT2D eigenvalue weighted by atomic mass is 10.3. The van der Waals surface area contributed by atoms with Crippen LogP contribution in [0.3, 0.4) is 0 Å². The Morgan fingerprint density at radius 1 is 1.20 bits per heavy atom. The van der Waals surface area contributed by atoms with Crippen molar-refractivity contribution >= 4 is 22.9 Å². The van der Waals surface area contributed by atoms with Crippen LogP contribution in [0.4, 0.5) is 5.69 Å². The van der Waals surface area contributed by atoms with Gasteiger partial charge in [-0.25, -0.2) is 0 Å². The highest BCUT2D eigenvalue weighted by molar-refractivity contribution is 7.09. The monoisotopic (exact) mass is 356 g/mol. The van der Waals surface area contributed by atoms with Crippen LogP contribution in [0.15, 0.2) is 64.6 Å². The molecule has 25 heavy (non-hydrogen) atoms. The molecule has 0 saturated carbocycles. The molecule has 0 spiro atoms. The summed E-state index contributed by atoms with van der Waals surface area (Å²) in [5.74, 6) is 1.48. The number of carbonyl (C=O) groups excluding carboxylic acids is 1.